The minimum Gasteiger partial charge on any atom is -0.357 e. The van der Waals surface area contributed by atoms with Crippen LogP contribution in [0.4, 0.5) is 10.6 Å². The van der Waals surface area contributed by atoms with Gasteiger partial charge < -0.3 is 10.2 Å². The molecule has 3 aromatic rings. The molecule has 0 aliphatic carbocycles. The maximum absolute atomic E-state index is 12.9. The molecule has 4 heterocycles. The Morgan fingerprint density at radius 1 is 1.10 bits per heavy atom. The summed E-state index contributed by atoms with van der Waals surface area (Å²) in [6.45, 7) is 3.64. The molecule has 2 fully saturated rings. The topological polar surface area (TPSA) is 87.2 Å². The normalized spacial score (nSPS) is 22.2. The highest BCUT2D eigenvalue weighted by Gasteiger charge is 2.53. The Morgan fingerprint density at radius 2 is 1.90 bits per heavy atom. The number of hydrogen-bond acceptors (Lipinski definition) is 5. The van der Waals surface area contributed by atoms with E-state index in [0.29, 0.717) is 0 Å². The van der Waals surface area contributed by atoms with Gasteiger partial charge in [-0.05, 0) is 49.4 Å². The molecule has 0 spiro atoms. The van der Waals surface area contributed by atoms with Crippen LogP contribution in [0.1, 0.15) is 24.0 Å². The first-order chi connectivity index (χ1) is 14.6. The van der Waals surface area contributed by atoms with Crippen molar-refractivity contribution < 1.29 is 9.59 Å². The largest absolute Gasteiger partial charge is 0.357 e. The minimum atomic E-state index is -1.07. The van der Waals surface area contributed by atoms with Crippen LogP contribution < -0.4 is 15.5 Å². The summed E-state index contributed by atoms with van der Waals surface area (Å²) in [6, 6.07) is 13.5. The molecule has 3 amide bonds. The molecular weight excluding hydrogens is 378 g/mol. The van der Waals surface area contributed by atoms with E-state index in [9.17, 15) is 9.59 Å². The number of hydrogen-bond donors (Lipinski definition) is 2. The molecule has 2 saturated heterocycles. The van der Waals surface area contributed by atoms with Crippen molar-refractivity contribution >= 4 is 28.7 Å². The van der Waals surface area contributed by atoms with Crippen LogP contribution in [0.3, 0.4) is 0 Å². The Balaban J connectivity index is 1.42. The number of pyridine rings is 2. The first-order valence-corrected chi connectivity index (χ1v) is 10.2. The van der Waals surface area contributed by atoms with Crippen LogP contribution in [0.15, 0.2) is 54.9 Å². The van der Waals surface area contributed by atoms with Crippen LogP contribution in [0.5, 0.6) is 0 Å². The van der Waals surface area contributed by atoms with Gasteiger partial charge in [-0.3, -0.25) is 15.1 Å². The van der Waals surface area contributed by atoms with Crippen molar-refractivity contribution in [2.24, 2.45) is 5.92 Å². The number of para-hydroxylation sites is 1. The summed E-state index contributed by atoms with van der Waals surface area (Å²) in [5.74, 6) is 0.643. The number of imide groups is 1. The molecule has 5 rings (SSSR count). The number of anilines is 1. The van der Waals surface area contributed by atoms with E-state index in [1.165, 1.54) is 5.56 Å². The van der Waals surface area contributed by atoms with Crippen molar-refractivity contribution in [3.63, 3.8) is 0 Å². The highest BCUT2D eigenvalue weighted by molar-refractivity contribution is 6.07. The highest BCUT2D eigenvalue weighted by atomic mass is 16.2. The average molecular weight is 401 g/mol. The second-order valence-electron chi connectivity index (χ2n) is 8.03. The second-order valence-corrected chi connectivity index (χ2v) is 8.03. The number of aromatic nitrogens is 2. The Kier molecular flexibility index (Phi) is 4.38. The van der Waals surface area contributed by atoms with Gasteiger partial charge in [0.1, 0.15) is 5.82 Å². The van der Waals surface area contributed by atoms with Crippen LogP contribution in [0.25, 0.3) is 10.9 Å². The molecule has 0 unspecified atom stereocenters. The van der Waals surface area contributed by atoms with E-state index in [1.54, 1.807) is 18.5 Å². The molecule has 2 aromatic heterocycles. The Labute approximate surface area is 174 Å². The molecule has 2 N–H and O–H groups in total. The number of urea groups is 1. The molecule has 7 nitrogen and oxygen atoms in total. The Morgan fingerprint density at radius 3 is 2.60 bits per heavy atom. The fourth-order valence-corrected chi connectivity index (χ4v) is 4.83. The minimum absolute atomic E-state index is 0.0223. The number of amides is 3. The molecule has 2 aliphatic rings. The van der Waals surface area contributed by atoms with Gasteiger partial charge in [-0.15, -0.1) is 0 Å². The van der Waals surface area contributed by atoms with Gasteiger partial charge in [-0.2, -0.15) is 0 Å². The first-order valence-electron chi connectivity index (χ1n) is 10.2. The van der Waals surface area contributed by atoms with Crippen LogP contribution in [-0.4, -0.2) is 35.0 Å². The molecule has 1 atom stereocenters. The van der Waals surface area contributed by atoms with Crippen molar-refractivity contribution in [3.05, 3.63) is 66.0 Å². The summed E-state index contributed by atoms with van der Waals surface area (Å²) in [6.07, 6.45) is 4.86. The zero-order valence-corrected chi connectivity index (χ0v) is 16.8. The van der Waals surface area contributed by atoms with Gasteiger partial charge in [-0.25, -0.2) is 9.78 Å². The lowest BCUT2D eigenvalue weighted by Gasteiger charge is -2.41. The third kappa shape index (κ3) is 2.89. The van der Waals surface area contributed by atoms with E-state index in [2.05, 4.69) is 39.6 Å². The van der Waals surface area contributed by atoms with Crippen LogP contribution >= 0.6 is 0 Å². The predicted octanol–water partition coefficient (Wildman–Crippen LogP) is 2.89. The molecule has 152 valence electrons. The number of carbonyl (C=O) groups is 2. The fourth-order valence-electron chi connectivity index (χ4n) is 4.83. The van der Waals surface area contributed by atoms with Crippen LogP contribution in [0.2, 0.25) is 0 Å². The molecule has 1 aromatic carbocycles. The molecule has 2 aliphatic heterocycles. The highest BCUT2D eigenvalue weighted by Crippen LogP contribution is 2.39. The average Bonchev–Trinajstić information content (AvgIpc) is 3.09. The summed E-state index contributed by atoms with van der Waals surface area (Å²) in [5, 5.41) is 6.51. The van der Waals surface area contributed by atoms with Gasteiger partial charge in [0.05, 0.1) is 5.52 Å². The number of piperidine rings is 1. The van der Waals surface area contributed by atoms with E-state index in [1.807, 2.05) is 24.3 Å². The smallest absolute Gasteiger partial charge is 0.322 e. The van der Waals surface area contributed by atoms with Crippen molar-refractivity contribution in [2.45, 2.75) is 25.3 Å². The molecular formula is C23H23N5O2. The van der Waals surface area contributed by atoms with Gasteiger partial charge in [0, 0.05) is 36.4 Å². The number of fused-ring (bicyclic) bond motifs is 1. The zero-order chi connectivity index (χ0) is 20.7. The number of aryl methyl sites for hydroxylation is 1. The summed E-state index contributed by atoms with van der Waals surface area (Å²) in [5.41, 5.74) is 1.85. The van der Waals surface area contributed by atoms with E-state index in [0.717, 1.165) is 48.2 Å². The molecule has 30 heavy (non-hydrogen) atoms. The summed E-state index contributed by atoms with van der Waals surface area (Å²) >= 11 is 0. The summed E-state index contributed by atoms with van der Waals surface area (Å²) in [4.78, 5) is 36.2. The quantitative estimate of drug-likeness (QED) is 0.659. The Hall–Kier alpha value is -3.48. The Bertz CT molecular complexity index is 1120. The standard InChI is InChI=1S/C23H23N5O2/c1-15-13-20(25-19-7-3-2-6-18(15)19)28-11-8-16(9-12-28)23(17-5-4-10-24-14-17)21(29)26-22(30)27-23/h2-7,10,13-14,16H,8-9,11-12H2,1H3,(H2,26,27,29,30)/t23-/m0/s1. The molecule has 7 heteroatoms. The summed E-state index contributed by atoms with van der Waals surface area (Å²) < 4.78 is 0. The second kappa shape index (κ2) is 7.09. The van der Waals surface area contributed by atoms with Crippen LogP contribution in [-0.2, 0) is 10.3 Å². The molecule has 0 radical (unpaired) electrons. The third-order valence-corrected chi connectivity index (χ3v) is 6.35. The van der Waals surface area contributed by atoms with Crippen molar-refractivity contribution in [2.75, 3.05) is 18.0 Å². The van der Waals surface area contributed by atoms with Crippen molar-refractivity contribution in [1.29, 1.82) is 0 Å². The fraction of sp³-hybridized carbons (Fsp3) is 0.304. The SMILES string of the molecule is Cc1cc(N2CCC([C@@]3(c4cccnc4)NC(=O)NC3=O)CC2)nc2ccccc12. The number of carbonyl (C=O) groups excluding carboxylic acids is 2. The maximum Gasteiger partial charge on any atom is 0.322 e. The van der Waals surface area contributed by atoms with Gasteiger partial charge in [0.2, 0.25) is 0 Å². The van der Waals surface area contributed by atoms with E-state index in [-0.39, 0.29) is 11.8 Å². The zero-order valence-electron chi connectivity index (χ0n) is 16.8. The van der Waals surface area contributed by atoms with Crippen molar-refractivity contribution in [3.8, 4) is 0 Å². The van der Waals surface area contributed by atoms with E-state index in [4.69, 9.17) is 4.98 Å². The van der Waals surface area contributed by atoms with E-state index >= 15 is 0 Å². The molecule has 0 bridgehead atoms. The monoisotopic (exact) mass is 401 g/mol. The number of nitrogens with zero attached hydrogens (tertiary/aromatic N) is 3. The lowest BCUT2D eigenvalue weighted by Crippen LogP contribution is -2.53. The van der Waals surface area contributed by atoms with Crippen molar-refractivity contribution in [1.82, 2.24) is 20.6 Å². The third-order valence-electron chi connectivity index (χ3n) is 6.35. The predicted molar refractivity (Wildman–Crippen MR) is 114 cm³/mol. The lowest BCUT2D eigenvalue weighted by atomic mass is 9.73. The number of rotatable bonds is 3. The van der Waals surface area contributed by atoms with Gasteiger partial charge in [0.25, 0.3) is 5.91 Å². The van der Waals surface area contributed by atoms with Gasteiger partial charge >= 0.3 is 6.03 Å². The lowest BCUT2D eigenvalue weighted by molar-refractivity contribution is -0.126. The summed E-state index contributed by atoms with van der Waals surface area (Å²) in [7, 11) is 0. The first kappa shape index (κ1) is 18.5. The van der Waals surface area contributed by atoms with Gasteiger partial charge in [-0.1, -0.05) is 24.3 Å². The maximum atomic E-state index is 12.9. The van der Waals surface area contributed by atoms with Crippen LogP contribution in [0, 0.1) is 12.8 Å². The molecule has 0 saturated carbocycles. The number of nitrogens with one attached hydrogen (secondary N) is 2. The number of benzene rings is 1. The van der Waals surface area contributed by atoms with Gasteiger partial charge in [0.15, 0.2) is 5.54 Å². The van der Waals surface area contributed by atoms with E-state index < -0.39 is 11.6 Å².